The molecule has 23 heavy (non-hydrogen) atoms. The third-order valence-corrected chi connectivity index (χ3v) is 4.59. The van der Waals surface area contributed by atoms with Gasteiger partial charge in [0.25, 0.3) is 0 Å². The summed E-state index contributed by atoms with van der Waals surface area (Å²) in [6.45, 7) is 4.48. The molecule has 0 unspecified atom stereocenters. The molecule has 1 saturated heterocycles. The van der Waals surface area contributed by atoms with Crippen molar-refractivity contribution in [3.63, 3.8) is 0 Å². The summed E-state index contributed by atoms with van der Waals surface area (Å²) in [4.78, 5) is 14.6. The fraction of sp³-hybridized carbons (Fsp3) is 0.444. The second-order valence-electron chi connectivity index (χ2n) is 6.19. The zero-order valence-electron chi connectivity index (χ0n) is 13.5. The molecule has 1 atom stereocenters. The molecule has 1 aliphatic rings. The SMILES string of the molecule is Cc1noc(C)c1CC(=O)N1CCC[C@@H]1Cc1ccc(F)cc1. The third-order valence-electron chi connectivity index (χ3n) is 4.59. The van der Waals surface area contributed by atoms with Crippen molar-refractivity contribution < 1.29 is 13.7 Å². The Hall–Kier alpha value is -2.17. The van der Waals surface area contributed by atoms with Crippen molar-refractivity contribution in [2.75, 3.05) is 6.54 Å². The monoisotopic (exact) mass is 316 g/mol. The number of likely N-dealkylation sites (tertiary alicyclic amines) is 1. The molecule has 3 rings (SSSR count). The van der Waals surface area contributed by atoms with E-state index in [0.29, 0.717) is 12.2 Å². The van der Waals surface area contributed by atoms with Crippen LogP contribution < -0.4 is 0 Å². The third kappa shape index (κ3) is 3.44. The molecule has 0 radical (unpaired) electrons. The molecule has 1 aliphatic heterocycles. The van der Waals surface area contributed by atoms with Gasteiger partial charge in [-0.2, -0.15) is 0 Å². The maximum absolute atomic E-state index is 13.0. The Morgan fingerprint density at radius 2 is 2.09 bits per heavy atom. The van der Waals surface area contributed by atoms with Crippen LogP contribution in [-0.4, -0.2) is 28.6 Å². The molecule has 1 aromatic carbocycles. The number of benzene rings is 1. The van der Waals surface area contributed by atoms with Gasteiger partial charge in [0, 0.05) is 18.2 Å². The number of carbonyl (C=O) groups is 1. The van der Waals surface area contributed by atoms with Crippen molar-refractivity contribution in [3.8, 4) is 0 Å². The van der Waals surface area contributed by atoms with Crippen LogP contribution in [0.25, 0.3) is 0 Å². The maximum atomic E-state index is 13.0. The molecule has 0 aliphatic carbocycles. The standard InChI is InChI=1S/C18H21FN2O2/c1-12-17(13(2)23-20-12)11-18(22)21-9-3-4-16(21)10-14-5-7-15(19)8-6-14/h5-8,16H,3-4,9-11H2,1-2H3/t16-/m1/s1. The highest BCUT2D eigenvalue weighted by atomic mass is 19.1. The van der Waals surface area contributed by atoms with Crippen molar-refractivity contribution in [2.45, 2.75) is 45.6 Å². The normalized spacial score (nSPS) is 17.7. The van der Waals surface area contributed by atoms with Gasteiger partial charge in [0.15, 0.2) is 0 Å². The second-order valence-corrected chi connectivity index (χ2v) is 6.19. The van der Waals surface area contributed by atoms with Crippen molar-refractivity contribution in [3.05, 3.63) is 52.7 Å². The molecule has 0 bridgehead atoms. The number of halogens is 1. The predicted molar refractivity (Wildman–Crippen MR) is 84.5 cm³/mol. The lowest BCUT2D eigenvalue weighted by molar-refractivity contribution is -0.131. The fourth-order valence-electron chi connectivity index (χ4n) is 3.28. The number of carbonyl (C=O) groups excluding carboxylic acids is 1. The number of aryl methyl sites for hydroxylation is 2. The zero-order chi connectivity index (χ0) is 16.4. The molecule has 2 heterocycles. The molecule has 0 N–H and O–H groups in total. The van der Waals surface area contributed by atoms with Crippen LogP contribution in [0.3, 0.4) is 0 Å². The number of nitrogens with zero attached hydrogens (tertiary/aromatic N) is 2. The topological polar surface area (TPSA) is 46.3 Å². The summed E-state index contributed by atoms with van der Waals surface area (Å²) in [6, 6.07) is 6.73. The Labute approximate surface area is 135 Å². The molecule has 1 fully saturated rings. The van der Waals surface area contributed by atoms with E-state index in [-0.39, 0.29) is 17.8 Å². The lowest BCUT2D eigenvalue weighted by Gasteiger charge is -2.25. The Balaban J connectivity index is 1.68. The quantitative estimate of drug-likeness (QED) is 0.870. The van der Waals surface area contributed by atoms with Gasteiger partial charge in [-0.1, -0.05) is 17.3 Å². The molecule has 0 spiro atoms. The van der Waals surface area contributed by atoms with E-state index in [1.807, 2.05) is 18.7 Å². The number of rotatable bonds is 4. The summed E-state index contributed by atoms with van der Waals surface area (Å²) in [7, 11) is 0. The van der Waals surface area contributed by atoms with Crippen LogP contribution in [0.2, 0.25) is 0 Å². The van der Waals surface area contributed by atoms with Crippen molar-refractivity contribution in [2.24, 2.45) is 0 Å². The van der Waals surface area contributed by atoms with E-state index in [1.54, 1.807) is 12.1 Å². The van der Waals surface area contributed by atoms with Crippen molar-refractivity contribution in [1.82, 2.24) is 10.1 Å². The Morgan fingerprint density at radius 3 is 2.74 bits per heavy atom. The zero-order valence-corrected chi connectivity index (χ0v) is 13.5. The highest BCUT2D eigenvalue weighted by molar-refractivity contribution is 5.79. The van der Waals surface area contributed by atoms with Gasteiger partial charge in [-0.25, -0.2) is 4.39 Å². The van der Waals surface area contributed by atoms with Gasteiger partial charge in [0.05, 0.1) is 12.1 Å². The van der Waals surface area contributed by atoms with E-state index in [9.17, 15) is 9.18 Å². The van der Waals surface area contributed by atoms with E-state index in [0.717, 1.165) is 42.6 Å². The van der Waals surface area contributed by atoms with Crippen molar-refractivity contribution >= 4 is 5.91 Å². The predicted octanol–water partition coefficient (Wildman–Crippen LogP) is 3.21. The van der Waals surface area contributed by atoms with E-state index in [4.69, 9.17) is 4.52 Å². The first-order valence-corrected chi connectivity index (χ1v) is 8.00. The van der Waals surface area contributed by atoms with Gasteiger partial charge >= 0.3 is 0 Å². The van der Waals surface area contributed by atoms with Gasteiger partial charge in [-0.15, -0.1) is 0 Å². The summed E-state index contributed by atoms with van der Waals surface area (Å²) in [5.74, 6) is 0.598. The molecule has 2 aromatic rings. The maximum Gasteiger partial charge on any atom is 0.227 e. The van der Waals surface area contributed by atoms with Crippen LogP contribution in [0.4, 0.5) is 4.39 Å². The van der Waals surface area contributed by atoms with Crippen LogP contribution >= 0.6 is 0 Å². The van der Waals surface area contributed by atoms with Gasteiger partial charge in [0.2, 0.25) is 5.91 Å². The highest BCUT2D eigenvalue weighted by Gasteiger charge is 2.29. The van der Waals surface area contributed by atoms with E-state index in [2.05, 4.69) is 5.16 Å². The van der Waals surface area contributed by atoms with Crippen LogP contribution in [0.15, 0.2) is 28.8 Å². The lowest BCUT2D eigenvalue weighted by atomic mass is 10.0. The summed E-state index contributed by atoms with van der Waals surface area (Å²) in [5.41, 5.74) is 2.74. The molecule has 1 aromatic heterocycles. The van der Waals surface area contributed by atoms with Crippen molar-refractivity contribution in [1.29, 1.82) is 0 Å². The first-order chi connectivity index (χ1) is 11.0. The Morgan fingerprint density at radius 1 is 1.35 bits per heavy atom. The highest BCUT2D eigenvalue weighted by Crippen LogP contribution is 2.23. The number of hydrogen-bond donors (Lipinski definition) is 0. The lowest BCUT2D eigenvalue weighted by Crippen LogP contribution is -2.37. The van der Waals surface area contributed by atoms with Crippen LogP contribution in [0, 0.1) is 19.7 Å². The van der Waals surface area contributed by atoms with Crippen LogP contribution in [0.5, 0.6) is 0 Å². The van der Waals surface area contributed by atoms with Gasteiger partial charge in [-0.3, -0.25) is 4.79 Å². The van der Waals surface area contributed by atoms with Gasteiger partial charge in [0.1, 0.15) is 11.6 Å². The van der Waals surface area contributed by atoms with Gasteiger partial charge in [-0.05, 0) is 50.8 Å². The minimum Gasteiger partial charge on any atom is -0.361 e. The number of amides is 1. The summed E-state index contributed by atoms with van der Waals surface area (Å²) < 4.78 is 18.1. The minimum atomic E-state index is -0.230. The minimum absolute atomic E-state index is 0.115. The second kappa shape index (κ2) is 6.52. The largest absolute Gasteiger partial charge is 0.361 e. The summed E-state index contributed by atoms with van der Waals surface area (Å²) >= 11 is 0. The van der Waals surface area contributed by atoms with Crippen LogP contribution in [-0.2, 0) is 17.6 Å². The number of hydrogen-bond acceptors (Lipinski definition) is 3. The molecule has 5 heteroatoms. The average molecular weight is 316 g/mol. The first kappa shape index (κ1) is 15.7. The molecular weight excluding hydrogens is 295 g/mol. The molecular formula is C18H21FN2O2. The molecule has 0 saturated carbocycles. The molecule has 122 valence electrons. The smallest absolute Gasteiger partial charge is 0.227 e. The van der Waals surface area contributed by atoms with E-state index < -0.39 is 0 Å². The number of aromatic nitrogens is 1. The first-order valence-electron chi connectivity index (χ1n) is 8.00. The summed E-state index contributed by atoms with van der Waals surface area (Å²) in [6.07, 6.45) is 3.11. The molecule has 4 nitrogen and oxygen atoms in total. The van der Waals surface area contributed by atoms with E-state index in [1.165, 1.54) is 12.1 Å². The average Bonchev–Trinajstić information content (AvgIpc) is 3.11. The van der Waals surface area contributed by atoms with Gasteiger partial charge < -0.3 is 9.42 Å². The Kier molecular flexibility index (Phi) is 4.46. The fourth-order valence-corrected chi connectivity index (χ4v) is 3.28. The summed E-state index contributed by atoms with van der Waals surface area (Å²) in [5, 5.41) is 3.91. The van der Waals surface area contributed by atoms with Crippen LogP contribution in [0.1, 0.15) is 35.4 Å². The molecule has 1 amide bonds. The van der Waals surface area contributed by atoms with E-state index >= 15 is 0 Å². The Bertz CT molecular complexity index is 674.